The highest BCUT2D eigenvalue weighted by molar-refractivity contribution is 5.95. The number of nitrogen functional groups attached to an aromatic ring is 1. The zero-order valence-corrected chi connectivity index (χ0v) is 20.7. The molecular formula is C25H28F5N5O3. The fourth-order valence-corrected chi connectivity index (χ4v) is 5.68. The summed E-state index contributed by atoms with van der Waals surface area (Å²) < 4.78 is 79.3. The molecule has 0 radical (unpaired) electrons. The molecule has 4 heterocycles. The molecule has 5 rings (SSSR count). The number of nitrogens with two attached hydrogens (primary N) is 1. The van der Waals surface area contributed by atoms with Gasteiger partial charge in [0.2, 0.25) is 23.8 Å². The van der Waals surface area contributed by atoms with E-state index in [1.54, 1.807) is 4.90 Å². The molecule has 1 aromatic heterocycles. The first-order valence-electron chi connectivity index (χ1n) is 12.4. The van der Waals surface area contributed by atoms with Crippen molar-refractivity contribution in [1.29, 1.82) is 0 Å². The Labute approximate surface area is 215 Å². The second-order valence-corrected chi connectivity index (χ2v) is 10.5. The van der Waals surface area contributed by atoms with Gasteiger partial charge in [-0.15, -0.1) is 0 Å². The zero-order valence-electron chi connectivity index (χ0n) is 20.7. The van der Waals surface area contributed by atoms with Gasteiger partial charge < -0.3 is 25.0 Å². The molecule has 8 nitrogen and oxygen atoms in total. The number of piperidine rings is 2. The third kappa shape index (κ3) is 4.83. The average molecular weight is 542 g/mol. The van der Waals surface area contributed by atoms with Crippen molar-refractivity contribution in [1.82, 2.24) is 9.97 Å². The molecule has 3 aliphatic rings. The van der Waals surface area contributed by atoms with Crippen molar-refractivity contribution in [3.63, 3.8) is 0 Å². The van der Waals surface area contributed by atoms with Gasteiger partial charge in [0.1, 0.15) is 5.82 Å². The summed E-state index contributed by atoms with van der Waals surface area (Å²) in [4.78, 5) is 24.4. The third-order valence-electron chi connectivity index (χ3n) is 7.67. The van der Waals surface area contributed by atoms with Gasteiger partial charge >= 0.3 is 6.18 Å². The number of carbonyl (C=O) groups is 1. The van der Waals surface area contributed by atoms with Crippen molar-refractivity contribution in [3.8, 4) is 5.88 Å². The minimum atomic E-state index is -4.65. The highest BCUT2D eigenvalue weighted by atomic mass is 19.4. The summed E-state index contributed by atoms with van der Waals surface area (Å²) in [5.74, 6) is -2.40. The number of nitrogens with zero attached hydrogens (tertiary/aromatic N) is 4. The number of hydrogen-bond donors (Lipinski definition) is 1. The molecule has 2 N–H and O–H groups in total. The number of halogens is 5. The molecular weight excluding hydrogens is 513 g/mol. The van der Waals surface area contributed by atoms with Gasteiger partial charge in [0.15, 0.2) is 11.6 Å². The monoisotopic (exact) mass is 541 g/mol. The number of amides is 1. The van der Waals surface area contributed by atoms with E-state index in [4.69, 9.17) is 15.2 Å². The van der Waals surface area contributed by atoms with Crippen LogP contribution >= 0.6 is 0 Å². The summed E-state index contributed by atoms with van der Waals surface area (Å²) in [6, 6.07) is 4.77. The fraction of sp³-hybridized carbons (Fsp3) is 0.560. The molecule has 0 aliphatic carbocycles. The van der Waals surface area contributed by atoms with Crippen LogP contribution in [0.15, 0.2) is 24.3 Å². The lowest BCUT2D eigenvalue weighted by Crippen LogP contribution is -2.60. The first-order valence-corrected chi connectivity index (χ1v) is 12.4. The normalized spacial score (nSPS) is 21.8. The second kappa shape index (κ2) is 9.51. The van der Waals surface area contributed by atoms with Crippen molar-refractivity contribution >= 4 is 23.4 Å². The molecule has 13 heteroatoms. The first-order chi connectivity index (χ1) is 17.9. The van der Waals surface area contributed by atoms with E-state index in [1.807, 2.05) is 4.90 Å². The van der Waals surface area contributed by atoms with E-state index in [2.05, 4.69) is 9.97 Å². The summed E-state index contributed by atoms with van der Waals surface area (Å²) in [6.07, 6.45) is -4.16. The SMILES string of the molecule is CC1(C(Oc2cc(N3CCC4(CCCC(=O)N4c4ccc(F)c(F)c4)CC3)nc(N)n2)C(F)(F)F)COC1. The lowest BCUT2D eigenvalue weighted by atomic mass is 9.78. The molecule has 0 saturated carbocycles. The van der Waals surface area contributed by atoms with Gasteiger partial charge in [0.25, 0.3) is 0 Å². The molecule has 3 saturated heterocycles. The molecule has 2 aromatic rings. The van der Waals surface area contributed by atoms with E-state index in [1.165, 1.54) is 19.1 Å². The Morgan fingerprint density at radius 3 is 2.39 bits per heavy atom. The average Bonchev–Trinajstić information content (AvgIpc) is 2.83. The topological polar surface area (TPSA) is 93.8 Å². The van der Waals surface area contributed by atoms with E-state index < -0.39 is 34.9 Å². The Kier molecular flexibility index (Phi) is 6.60. The number of hydrogen-bond acceptors (Lipinski definition) is 7. The van der Waals surface area contributed by atoms with E-state index >= 15 is 0 Å². The van der Waals surface area contributed by atoms with Gasteiger partial charge in [-0.2, -0.15) is 23.1 Å². The lowest BCUT2D eigenvalue weighted by molar-refractivity contribution is -0.270. The summed E-state index contributed by atoms with van der Waals surface area (Å²) in [6.45, 7) is 2.06. The van der Waals surface area contributed by atoms with Crippen LogP contribution in [0, 0.1) is 17.0 Å². The van der Waals surface area contributed by atoms with Gasteiger partial charge in [0, 0.05) is 37.3 Å². The van der Waals surface area contributed by atoms with Crippen LogP contribution in [0.2, 0.25) is 0 Å². The van der Waals surface area contributed by atoms with Gasteiger partial charge in [-0.1, -0.05) is 6.92 Å². The molecule has 3 fully saturated rings. The maximum Gasteiger partial charge on any atom is 0.426 e. The van der Waals surface area contributed by atoms with Crippen molar-refractivity contribution in [2.45, 2.75) is 56.8 Å². The molecule has 38 heavy (non-hydrogen) atoms. The Morgan fingerprint density at radius 2 is 1.79 bits per heavy atom. The highest BCUT2D eigenvalue weighted by Crippen LogP contribution is 2.44. The summed E-state index contributed by atoms with van der Waals surface area (Å²) in [5, 5.41) is 0. The molecule has 1 unspecified atom stereocenters. The highest BCUT2D eigenvalue weighted by Gasteiger charge is 2.57. The number of benzene rings is 1. The van der Waals surface area contributed by atoms with Crippen LogP contribution in [0.4, 0.5) is 39.4 Å². The molecule has 1 spiro atoms. The van der Waals surface area contributed by atoms with Crippen LogP contribution < -0.4 is 20.3 Å². The van der Waals surface area contributed by atoms with Crippen LogP contribution in [0.25, 0.3) is 0 Å². The van der Waals surface area contributed by atoms with Crippen molar-refractivity contribution < 1.29 is 36.2 Å². The minimum absolute atomic E-state index is 0.0913. The van der Waals surface area contributed by atoms with Crippen LogP contribution in [0.1, 0.15) is 39.0 Å². The minimum Gasteiger partial charge on any atom is -0.464 e. The van der Waals surface area contributed by atoms with Gasteiger partial charge in [-0.3, -0.25) is 4.79 Å². The lowest BCUT2D eigenvalue weighted by Gasteiger charge is -2.51. The van der Waals surface area contributed by atoms with Crippen molar-refractivity contribution in [2.24, 2.45) is 5.41 Å². The summed E-state index contributed by atoms with van der Waals surface area (Å²) in [7, 11) is 0. The summed E-state index contributed by atoms with van der Waals surface area (Å²) in [5.41, 5.74) is 4.29. The Bertz CT molecular complexity index is 1210. The summed E-state index contributed by atoms with van der Waals surface area (Å²) >= 11 is 0. The Hall–Kier alpha value is -3.22. The maximum atomic E-state index is 14.0. The van der Waals surface area contributed by atoms with E-state index in [-0.39, 0.29) is 30.9 Å². The van der Waals surface area contributed by atoms with Crippen molar-refractivity contribution in [3.05, 3.63) is 35.9 Å². The molecule has 1 aromatic carbocycles. The quantitative estimate of drug-likeness (QED) is 0.566. The van der Waals surface area contributed by atoms with Crippen LogP contribution in [-0.2, 0) is 9.53 Å². The third-order valence-corrected chi connectivity index (χ3v) is 7.67. The van der Waals surface area contributed by atoms with Gasteiger partial charge in [-0.05, 0) is 37.8 Å². The first kappa shape index (κ1) is 26.4. The number of alkyl halides is 3. The Balaban J connectivity index is 1.36. The molecule has 0 bridgehead atoms. The second-order valence-electron chi connectivity index (χ2n) is 10.5. The molecule has 1 amide bonds. The largest absolute Gasteiger partial charge is 0.464 e. The predicted molar refractivity (Wildman–Crippen MR) is 128 cm³/mol. The van der Waals surface area contributed by atoms with E-state index in [9.17, 15) is 26.7 Å². The Morgan fingerprint density at radius 1 is 1.08 bits per heavy atom. The molecule has 3 aliphatic heterocycles. The standard InChI is InChI=1S/C25H28F5N5O3/c1-23(13-37-14-23)21(25(28,29)30)38-19-12-18(32-22(31)33-19)34-9-7-24(8-10-34)6-2-3-20(36)35(24)15-4-5-16(26)17(27)11-15/h4-5,11-12,21H,2-3,6-10,13-14H2,1H3,(H2,31,32,33). The number of ether oxygens (including phenoxy) is 2. The number of aromatic nitrogens is 2. The van der Waals surface area contributed by atoms with Crippen LogP contribution in [0.5, 0.6) is 5.88 Å². The van der Waals surface area contributed by atoms with E-state index in [0.29, 0.717) is 56.7 Å². The fourth-order valence-electron chi connectivity index (χ4n) is 5.68. The van der Waals surface area contributed by atoms with Crippen LogP contribution in [0.3, 0.4) is 0 Å². The zero-order chi connectivity index (χ0) is 27.3. The number of anilines is 3. The van der Waals surface area contributed by atoms with Crippen LogP contribution in [-0.4, -0.2) is 60.0 Å². The predicted octanol–water partition coefficient (Wildman–Crippen LogP) is 4.24. The van der Waals surface area contributed by atoms with Gasteiger partial charge in [-0.25, -0.2) is 8.78 Å². The van der Waals surface area contributed by atoms with Crippen molar-refractivity contribution in [2.75, 3.05) is 41.8 Å². The molecule has 1 atom stereocenters. The molecule has 206 valence electrons. The smallest absolute Gasteiger partial charge is 0.426 e. The van der Waals surface area contributed by atoms with E-state index in [0.717, 1.165) is 12.1 Å². The number of carbonyl (C=O) groups excluding carboxylic acids is 1. The maximum absolute atomic E-state index is 14.0. The number of rotatable bonds is 5. The van der Waals surface area contributed by atoms with Gasteiger partial charge in [0.05, 0.1) is 24.2 Å².